The topological polar surface area (TPSA) is 49.4 Å². The Morgan fingerprint density at radius 3 is 2.38 bits per heavy atom. The van der Waals surface area contributed by atoms with E-state index in [1.54, 1.807) is 12.1 Å². The van der Waals surface area contributed by atoms with Crippen molar-refractivity contribution >= 4 is 17.5 Å². The average Bonchev–Trinajstić information content (AvgIpc) is 2.61. The lowest BCUT2D eigenvalue weighted by Gasteiger charge is -2.27. The Morgan fingerprint density at radius 2 is 1.81 bits per heavy atom. The number of aryl methyl sites for hydroxylation is 1. The van der Waals surface area contributed by atoms with Gasteiger partial charge < -0.3 is 10.2 Å². The second-order valence-corrected chi connectivity index (χ2v) is 6.67. The van der Waals surface area contributed by atoms with Crippen molar-refractivity contribution in [1.82, 2.24) is 4.90 Å². The molecule has 2 aromatic rings. The highest BCUT2D eigenvalue weighted by Gasteiger charge is 2.17. The standard InChI is InChI=1S/C22H26N2O2/c1-5-21(25)23-20-11-9-18(10-12-20)14-22(26)24(16(2)3)15-19-8-6-7-17(4)13-19/h5-13,16H,1,14-15H2,2-4H3,(H,23,25). The summed E-state index contributed by atoms with van der Waals surface area (Å²) < 4.78 is 0. The summed E-state index contributed by atoms with van der Waals surface area (Å²) in [6.45, 7) is 10.1. The molecule has 0 aliphatic heterocycles. The lowest BCUT2D eigenvalue weighted by atomic mass is 10.1. The first-order valence-electron chi connectivity index (χ1n) is 8.76. The van der Waals surface area contributed by atoms with E-state index in [9.17, 15) is 9.59 Å². The second kappa shape index (κ2) is 8.99. The van der Waals surface area contributed by atoms with Crippen LogP contribution in [0.2, 0.25) is 0 Å². The summed E-state index contributed by atoms with van der Waals surface area (Å²) in [5.41, 5.74) is 3.93. The van der Waals surface area contributed by atoms with Gasteiger partial charge in [0, 0.05) is 18.3 Å². The number of carbonyl (C=O) groups excluding carboxylic acids is 2. The van der Waals surface area contributed by atoms with Crippen molar-refractivity contribution in [3.63, 3.8) is 0 Å². The first-order valence-corrected chi connectivity index (χ1v) is 8.76. The van der Waals surface area contributed by atoms with Crippen molar-refractivity contribution in [3.8, 4) is 0 Å². The molecule has 0 aliphatic carbocycles. The van der Waals surface area contributed by atoms with Gasteiger partial charge in [-0.25, -0.2) is 0 Å². The van der Waals surface area contributed by atoms with Crippen LogP contribution in [-0.2, 0) is 22.6 Å². The van der Waals surface area contributed by atoms with Crippen molar-refractivity contribution < 1.29 is 9.59 Å². The van der Waals surface area contributed by atoms with Crippen LogP contribution < -0.4 is 5.32 Å². The number of nitrogens with zero attached hydrogens (tertiary/aromatic N) is 1. The van der Waals surface area contributed by atoms with E-state index in [-0.39, 0.29) is 17.9 Å². The van der Waals surface area contributed by atoms with Crippen LogP contribution in [0.25, 0.3) is 0 Å². The Hall–Kier alpha value is -2.88. The normalized spacial score (nSPS) is 10.5. The van der Waals surface area contributed by atoms with Crippen LogP contribution in [0.4, 0.5) is 5.69 Å². The Balaban J connectivity index is 2.05. The SMILES string of the molecule is C=CC(=O)Nc1ccc(CC(=O)N(Cc2cccc(C)c2)C(C)C)cc1. The van der Waals surface area contributed by atoms with Gasteiger partial charge in [-0.3, -0.25) is 9.59 Å². The van der Waals surface area contributed by atoms with Gasteiger partial charge in [0.25, 0.3) is 0 Å². The molecule has 0 saturated carbocycles. The molecule has 26 heavy (non-hydrogen) atoms. The summed E-state index contributed by atoms with van der Waals surface area (Å²) in [5, 5.41) is 2.70. The van der Waals surface area contributed by atoms with E-state index in [0.717, 1.165) is 11.1 Å². The van der Waals surface area contributed by atoms with Gasteiger partial charge in [-0.15, -0.1) is 0 Å². The molecule has 136 valence electrons. The van der Waals surface area contributed by atoms with Gasteiger partial charge in [0.15, 0.2) is 0 Å². The summed E-state index contributed by atoms with van der Waals surface area (Å²) in [6, 6.07) is 15.7. The molecule has 0 bridgehead atoms. The van der Waals surface area contributed by atoms with Crippen LogP contribution in [0, 0.1) is 6.92 Å². The third-order valence-corrected chi connectivity index (χ3v) is 4.14. The predicted octanol–water partition coefficient (Wildman–Crippen LogP) is 4.10. The van der Waals surface area contributed by atoms with Crippen LogP contribution in [0.15, 0.2) is 61.2 Å². The maximum Gasteiger partial charge on any atom is 0.247 e. The highest BCUT2D eigenvalue weighted by Crippen LogP contribution is 2.15. The van der Waals surface area contributed by atoms with E-state index in [2.05, 4.69) is 31.0 Å². The van der Waals surface area contributed by atoms with Crippen molar-refractivity contribution in [2.45, 2.75) is 39.8 Å². The third kappa shape index (κ3) is 5.59. The fraction of sp³-hybridized carbons (Fsp3) is 0.273. The highest BCUT2D eigenvalue weighted by atomic mass is 16.2. The summed E-state index contributed by atoms with van der Waals surface area (Å²) in [7, 11) is 0. The minimum absolute atomic E-state index is 0.0874. The van der Waals surface area contributed by atoms with Crippen LogP contribution in [0.1, 0.15) is 30.5 Å². The zero-order valence-corrected chi connectivity index (χ0v) is 15.7. The van der Waals surface area contributed by atoms with Gasteiger partial charge in [-0.1, -0.05) is 48.5 Å². The fourth-order valence-electron chi connectivity index (χ4n) is 2.74. The van der Waals surface area contributed by atoms with E-state index in [1.165, 1.54) is 11.6 Å². The smallest absolute Gasteiger partial charge is 0.247 e. The summed E-state index contributed by atoms with van der Waals surface area (Å²) in [5.74, 6) is -0.164. The molecule has 0 radical (unpaired) electrons. The molecule has 0 atom stereocenters. The molecular formula is C22H26N2O2. The number of anilines is 1. The Kier molecular flexibility index (Phi) is 6.73. The zero-order chi connectivity index (χ0) is 19.1. The monoisotopic (exact) mass is 350 g/mol. The molecule has 0 aromatic heterocycles. The quantitative estimate of drug-likeness (QED) is 0.764. The summed E-state index contributed by atoms with van der Waals surface area (Å²) >= 11 is 0. The molecule has 4 nitrogen and oxygen atoms in total. The molecule has 0 saturated heterocycles. The Labute approximate surface area is 155 Å². The van der Waals surface area contributed by atoms with Gasteiger partial charge in [0.05, 0.1) is 6.42 Å². The van der Waals surface area contributed by atoms with E-state index in [4.69, 9.17) is 0 Å². The van der Waals surface area contributed by atoms with E-state index >= 15 is 0 Å². The van der Waals surface area contributed by atoms with Crippen LogP contribution in [-0.4, -0.2) is 22.8 Å². The summed E-state index contributed by atoms with van der Waals surface area (Å²) in [6.07, 6.45) is 1.56. The molecule has 0 spiro atoms. The molecule has 2 amide bonds. The van der Waals surface area contributed by atoms with Crippen molar-refractivity contribution in [3.05, 3.63) is 77.9 Å². The van der Waals surface area contributed by atoms with Gasteiger partial charge in [-0.05, 0) is 50.1 Å². The first-order chi connectivity index (χ1) is 12.4. The largest absolute Gasteiger partial charge is 0.336 e. The highest BCUT2D eigenvalue weighted by molar-refractivity contribution is 5.98. The lowest BCUT2D eigenvalue weighted by molar-refractivity contribution is -0.132. The first kappa shape index (κ1) is 19.4. The maximum atomic E-state index is 12.8. The number of carbonyl (C=O) groups is 2. The maximum absolute atomic E-state index is 12.8. The van der Waals surface area contributed by atoms with Crippen molar-refractivity contribution in [2.75, 3.05) is 5.32 Å². The summed E-state index contributed by atoms with van der Waals surface area (Å²) in [4.78, 5) is 26.0. The van der Waals surface area contributed by atoms with Crippen molar-refractivity contribution in [2.24, 2.45) is 0 Å². The van der Waals surface area contributed by atoms with E-state index < -0.39 is 0 Å². The number of hydrogen-bond acceptors (Lipinski definition) is 2. The number of nitrogens with one attached hydrogen (secondary N) is 1. The van der Waals surface area contributed by atoms with Gasteiger partial charge in [-0.2, -0.15) is 0 Å². The molecule has 0 heterocycles. The van der Waals surface area contributed by atoms with Crippen LogP contribution in [0.3, 0.4) is 0 Å². The molecule has 2 aromatic carbocycles. The molecule has 1 N–H and O–H groups in total. The van der Waals surface area contributed by atoms with Crippen LogP contribution in [0.5, 0.6) is 0 Å². The molecule has 0 unspecified atom stereocenters. The molecule has 2 rings (SSSR count). The number of hydrogen-bond donors (Lipinski definition) is 1. The van der Waals surface area contributed by atoms with E-state index in [0.29, 0.717) is 18.7 Å². The van der Waals surface area contributed by atoms with E-state index in [1.807, 2.05) is 43.0 Å². The molecule has 4 heteroatoms. The molecule has 0 aliphatic rings. The third-order valence-electron chi connectivity index (χ3n) is 4.14. The average molecular weight is 350 g/mol. The minimum Gasteiger partial charge on any atom is -0.336 e. The van der Waals surface area contributed by atoms with Gasteiger partial charge >= 0.3 is 0 Å². The lowest BCUT2D eigenvalue weighted by Crippen LogP contribution is -2.37. The minimum atomic E-state index is -0.252. The van der Waals surface area contributed by atoms with Gasteiger partial charge in [0.1, 0.15) is 0 Å². The number of rotatable bonds is 7. The molecular weight excluding hydrogens is 324 g/mol. The predicted molar refractivity (Wildman–Crippen MR) is 106 cm³/mol. The molecule has 0 fully saturated rings. The zero-order valence-electron chi connectivity index (χ0n) is 15.7. The number of amides is 2. The fourth-order valence-corrected chi connectivity index (χ4v) is 2.74. The van der Waals surface area contributed by atoms with Crippen LogP contribution >= 0.6 is 0 Å². The van der Waals surface area contributed by atoms with Gasteiger partial charge in [0.2, 0.25) is 11.8 Å². The van der Waals surface area contributed by atoms with Crippen molar-refractivity contribution in [1.29, 1.82) is 0 Å². The Bertz CT molecular complexity index is 779. The second-order valence-electron chi connectivity index (χ2n) is 6.67. The number of benzene rings is 2. The Morgan fingerprint density at radius 1 is 1.12 bits per heavy atom.